The molecule has 0 amide bonds. The first-order valence-electron chi connectivity index (χ1n) is 9.49. The molecular weight excluding hydrogens is 419 g/mol. The monoisotopic (exact) mass is 438 g/mol. The highest BCUT2D eigenvalue weighted by Gasteiger charge is 2.22. The van der Waals surface area contributed by atoms with E-state index in [0.29, 0.717) is 22.0 Å². The van der Waals surface area contributed by atoms with E-state index < -0.39 is 0 Å². The fourth-order valence-electron chi connectivity index (χ4n) is 3.66. The minimum atomic E-state index is -0.185. The standard InChI is InChI=1S/C24H20Cl2N2O2/c1-14-5-6-16(10-22(14)30-2)19(11-17-12-20(25)21(26)13-28-17)18-8-7-15-4-3-9-27-23(15)24(18)29/h3-10,12-13,19,29H,11H2,1-2H3. The fraction of sp³-hybridized carbons (Fsp3) is 0.167. The molecule has 2 aromatic carbocycles. The van der Waals surface area contributed by atoms with E-state index >= 15 is 0 Å². The van der Waals surface area contributed by atoms with E-state index in [4.69, 9.17) is 27.9 Å². The largest absolute Gasteiger partial charge is 0.505 e. The van der Waals surface area contributed by atoms with Crippen molar-refractivity contribution in [2.45, 2.75) is 19.3 Å². The molecule has 0 aliphatic heterocycles. The maximum Gasteiger partial charge on any atom is 0.145 e. The molecule has 0 bridgehead atoms. The number of phenolic OH excluding ortho intramolecular Hbond substituents is 1. The zero-order valence-corrected chi connectivity index (χ0v) is 18.1. The summed E-state index contributed by atoms with van der Waals surface area (Å²) in [5.41, 5.74) is 4.14. The van der Waals surface area contributed by atoms with Crippen molar-refractivity contribution < 1.29 is 9.84 Å². The highest BCUT2D eigenvalue weighted by molar-refractivity contribution is 6.41. The van der Waals surface area contributed by atoms with Crippen molar-refractivity contribution in [2.24, 2.45) is 0 Å². The van der Waals surface area contributed by atoms with Crippen LogP contribution in [0.2, 0.25) is 10.0 Å². The molecule has 0 spiro atoms. The molecule has 1 unspecified atom stereocenters. The Kier molecular flexibility index (Phi) is 5.80. The van der Waals surface area contributed by atoms with Crippen molar-refractivity contribution in [1.29, 1.82) is 0 Å². The van der Waals surface area contributed by atoms with Gasteiger partial charge in [0.2, 0.25) is 0 Å². The lowest BCUT2D eigenvalue weighted by Gasteiger charge is -2.21. The third kappa shape index (κ3) is 3.93. The third-order valence-corrected chi connectivity index (χ3v) is 5.98. The van der Waals surface area contributed by atoms with Gasteiger partial charge in [-0.05, 0) is 36.2 Å². The number of ether oxygens (including phenoxy) is 1. The lowest BCUT2D eigenvalue weighted by molar-refractivity contribution is 0.410. The minimum Gasteiger partial charge on any atom is -0.505 e. The second-order valence-electron chi connectivity index (χ2n) is 7.15. The Morgan fingerprint density at radius 3 is 2.63 bits per heavy atom. The Hall–Kier alpha value is -2.82. The van der Waals surface area contributed by atoms with Crippen LogP contribution < -0.4 is 4.74 Å². The summed E-state index contributed by atoms with van der Waals surface area (Å²) in [4.78, 5) is 8.81. The molecule has 0 fully saturated rings. The number of rotatable bonds is 5. The summed E-state index contributed by atoms with van der Waals surface area (Å²) in [5, 5.41) is 12.8. The Bertz CT molecular complexity index is 1230. The van der Waals surface area contributed by atoms with Crippen LogP contribution in [-0.2, 0) is 6.42 Å². The van der Waals surface area contributed by atoms with Gasteiger partial charge in [-0.2, -0.15) is 0 Å². The normalized spacial score (nSPS) is 12.1. The molecule has 2 heterocycles. The predicted octanol–water partition coefficient (Wildman–Crippen LogP) is 6.33. The first-order chi connectivity index (χ1) is 14.5. The summed E-state index contributed by atoms with van der Waals surface area (Å²) < 4.78 is 5.53. The molecule has 2 aromatic heterocycles. The number of nitrogens with zero attached hydrogens (tertiary/aromatic N) is 2. The average molecular weight is 439 g/mol. The number of methoxy groups -OCH3 is 1. The molecule has 152 valence electrons. The number of hydrogen-bond acceptors (Lipinski definition) is 4. The summed E-state index contributed by atoms with van der Waals surface area (Å²) in [6, 6.07) is 15.5. The SMILES string of the molecule is COc1cc(C(Cc2cc(Cl)c(Cl)cn2)c2ccc3cccnc3c2O)ccc1C. The van der Waals surface area contributed by atoms with Gasteiger partial charge in [0.1, 0.15) is 17.0 Å². The molecule has 6 heteroatoms. The fourth-order valence-corrected chi connectivity index (χ4v) is 3.94. The van der Waals surface area contributed by atoms with Crippen LogP contribution in [0.3, 0.4) is 0 Å². The molecule has 4 rings (SSSR count). The number of hydrogen-bond donors (Lipinski definition) is 1. The number of benzene rings is 2. The molecule has 0 saturated heterocycles. The third-order valence-electron chi connectivity index (χ3n) is 5.27. The van der Waals surface area contributed by atoms with E-state index in [9.17, 15) is 5.11 Å². The smallest absolute Gasteiger partial charge is 0.145 e. The maximum absolute atomic E-state index is 11.1. The highest BCUT2D eigenvalue weighted by atomic mass is 35.5. The number of aromatic hydroxyl groups is 1. The van der Waals surface area contributed by atoms with E-state index in [-0.39, 0.29) is 11.7 Å². The van der Waals surface area contributed by atoms with Gasteiger partial charge in [-0.25, -0.2) is 0 Å². The van der Waals surface area contributed by atoms with Gasteiger partial charge in [0.05, 0.1) is 17.2 Å². The van der Waals surface area contributed by atoms with Crippen molar-refractivity contribution in [2.75, 3.05) is 7.11 Å². The molecule has 0 aliphatic carbocycles. The number of aromatic nitrogens is 2. The van der Waals surface area contributed by atoms with Gasteiger partial charge in [0.25, 0.3) is 0 Å². The van der Waals surface area contributed by atoms with Crippen molar-refractivity contribution >= 4 is 34.1 Å². The summed E-state index contributed by atoms with van der Waals surface area (Å²) >= 11 is 12.3. The Morgan fingerprint density at radius 2 is 1.87 bits per heavy atom. The first-order valence-corrected chi connectivity index (χ1v) is 10.2. The number of pyridine rings is 2. The zero-order chi connectivity index (χ0) is 21.3. The molecule has 30 heavy (non-hydrogen) atoms. The van der Waals surface area contributed by atoms with Crippen LogP contribution in [-0.4, -0.2) is 22.2 Å². The summed E-state index contributed by atoms with van der Waals surface area (Å²) in [7, 11) is 1.65. The average Bonchev–Trinajstić information content (AvgIpc) is 2.76. The number of aryl methyl sites for hydroxylation is 1. The van der Waals surface area contributed by atoms with Gasteiger partial charge in [-0.15, -0.1) is 0 Å². The van der Waals surface area contributed by atoms with Crippen LogP contribution >= 0.6 is 23.2 Å². The van der Waals surface area contributed by atoms with E-state index in [1.54, 1.807) is 25.6 Å². The van der Waals surface area contributed by atoms with Crippen LogP contribution in [0.5, 0.6) is 11.5 Å². The van der Waals surface area contributed by atoms with Crippen molar-refractivity contribution in [3.05, 3.63) is 93.4 Å². The molecule has 0 aliphatic rings. The molecular formula is C24H20Cl2N2O2. The van der Waals surface area contributed by atoms with Crippen LogP contribution in [0.15, 0.2) is 60.9 Å². The molecule has 4 nitrogen and oxygen atoms in total. The van der Waals surface area contributed by atoms with Gasteiger partial charge in [0, 0.05) is 41.4 Å². The number of halogens is 2. The van der Waals surface area contributed by atoms with Crippen LogP contribution in [0.4, 0.5) is 0 Å². The van der Waals surface area contributed by atoms with Gasteiger partial charge >= 0.3 is 0 Å². The molecule has 1 N–H and O–H groups in total. The van der Waals surface area contributed by atoms with Gasteiger partial charge in [-0.1, -0.05) is 53.5 Å². The second kappa shape index (κ2) is 8.50. The maximum atomic E-state index is 11.1. The summed E-state index contributed by atoms with van der Waals surface area (Å²) in [5.74, 6) is 0.770. The molecule has 0 radical (unpaired) electrons. The van der Waals surface area contributed by atoms with E-state index in [1.807, 2.05) is 49.4 Å². The molecule has 4 aromatic rings. The summed E-state index contributed by atoms with van der Waals surface area (Å²) in [6.45, 7) is 2.00. The summed E-state index contributed by atoms with van der Waals surface area (Å²) in [6.07, 6.45) is 3.75. The number of phenols is 1. The lowest BCUT2D eigenvalue weighted by atomic mass is 9.85. The Morgan fingerprint density at radius 1 is 1.03 bits per heavy atom. The molecule has 1 atom stereocenters. The van der Waals surface area contributed by atoms with Crippen LogP contribution in [0.25, 0.3) is 10.9 Å². The van der Waals surface area contributed by atoms with Crippen molar-refractivity contribution in [3.63, 3.8) is 0 Å². The second-order valence-corrected chi connectivity index (χ2v) is 7.97. The topological polar surface area (TPSA) is 55.2 Å². The van der Waals surface area contributed by atoms with E-state index in [0.717, 1.165) is 33.5 Å². The van der Waals surface area contributed by atoms with Gasteiger partial charge in [-0.3, -0.25) is 9.97 Å². The van der Waals surface area contributed by atoms with Gasteiger partial charge in [0.15, 0.2) is 0 Å². The Balaban J connectivity index is 1.87. The molecule has 0 saturated carbocycles. The van der Waals surface area contributed by atoms with Gasteiger partial charge < -0.3 is 9.84 Å². The van der Waals surface area contributed by atoms with Crippen LogP contribution in [0.1, 0.15) is 28.3 Å². The Labute approximate surface area is 185 Å². The highest BCUT2D eigenvalue weighted by Crippen LogP contribution is 2.39. The van der Waals surface area contributed by atoms with Crippen molar-refractivity contribution in [3.8, 4) is 11.5 Å². The van der Waals surface area contributed by atoms with E-state index in [1.165, 1.54) is 0 Å². The number of fused-ring (bicyclic) bond motifs is 1. The minimum absolute atomic E-state index is 0.165. The lowest BCUT2D eigenvalue weighted by Crippen LogP contribution is -2.08. The zero-order valence-electron chi connectivity index (χ0n) is 16.6. The first kappa shape index (κ1) is 20.5. The quantitative estimate of drug-likeness (QED) is 0.395. The predicted molar refractivity (Wildman–Crippen MR) is 121 cm³/mol. The van der Waals surface area contributed by atoms with Crippen LogP contribution in [0, 0.1) is 6.92 Å². The van der Waals surface area contributed by atoms with E-state index in [2.05, 4.69) is 9.97 Å². The van der Waals surface area contributed by atoms with Crippen molar-refractivity contribution in [1.82, 2.24) is 9.97 Å².